The standard InChI is InChI=1S/C28H31N3O2S/c1-29(28(23-12-4-2-5-13-23)24-14-6-3-7-15-24)34(32,33)27-22-25-16-8-9-17-26(25)31(27)21-20-30-18-10-11-19-30/h2-9,12-17,22,28H,10-11,18-21H2,1H3. The summed E-state index contributed by atoms with van der Waals surface area (Å²) in [6.45, 7) is 3.68. The van der Waals surface area contributed by atoms with E-state index in [9.17, 15) is 8.42 Å². The van der Waals surface area contributed by atoms with E-state index in [4.69, 9.17) is 0 Å². The fourth-order valence-electron chi connectivity index (χ4n) is 5.05. The van der Waals surface area contributed by atoms with Crippen LogP contribution in [0.25, 0.3) is 10.9 Å². The summed E-state index contributed by atoms with van der Waals surface area (Å²) in [7, 11) is -2.10. The predicted octanol–water partition coefficient (Wildman–Crippen LogP) is 5.15. The minimum atomic E-state index is -3.79. The molecule has 1 saturated heterocycles. The van der Waals surface area contributed by atoms with Crippen LogP contribution >= 0.6 is 0 Å². The van der Waals surface area contributed by atoms with Crippen molar-refractivity contribution in [2.24, 2.45) is 0 Å². The highest BCUT2D eigenvalue weighted by molar-refractivity contribution is 7.89. The lowest BCUT2D eigenvalue weighted by molar-refractivity contribution is 0.319. The van der Waals surface area contributed by atoms with Crippen molar-refractivity contribution in [3.8, 4) is 0 Å². The summed E-state index contributed by atoms with van der Waals surface area (Å²) in [5.74, 6) is 0. The summed E-state index contributed by atoms with van der Waals surface area (Å²) >= 11 is 0. The van der Waals surface area contributed by atoms with Crippen molar-refractivity contribution in [2.45, 2.75) is 30.5 Å². The molecule has 0 amide bonds. The largest absolute Gasteiger partial charge is 0.329 e. The zero-order valence-corrected chi connectivity index (χ0v) is 20.4. The normalized spacial score (nSPS) is 15.0. The highest BCUT2D eigenvalue weighted by Gasteiger charge is 2.33. The number of hydrogen-bond donors (Lipinski definition) is 0. The minimum Gasteiger partial charge on any atom is -0.329 e. The van der Waals surface area contributed by atoms with Gasteiger partial charge in [0.05, 0.1) is 6.04 Å². The third kappa shape index (κ3) is 4.41. The van der Waals surface area contributed by atoms with E-state index in [-0.39, 0.29) is 0 Å². The van der Waals surface area contributed by atoms with Gasteiger partial charge in [-0.05, 0) is 49.2 Å². The Hall–Kier alpha value is -2.93. The number of nitrogens with zero attached hydrogens (tertiary/aromatic N) is 3. The average Bonchev–Trinajstić information content (AvgIpc) is 3.52. The van der Waals surface area contributed by atoms with Crippen molar-refractivity contribution in [1.29, 1.82) is 0 Å². The van der Waals surface area contributed by atoms with Gasteiger partial charge in [-0.1, -0.05) is 78.9 Å². The second kappa shape index (κ2) is 9.74. The van der Waals surface area contributed by atoms with Crippen LogP contribution in [-0.2, 0) is 16.6 Å². The number of sulfonamides is 1. The van der Waals surface area contributed by atoms with Gasteiger partial charge in [0.25, 0.3) is 10.0 Å². The molecule has 176 valence electrons. The van der Waals surface area contributed by atoms with Crippen molar-refractivity contribution in [3.05, 3.63) is 102 Å². The number of rotatable bonds is 8. The number of benzene rings is 3. The molecule has 0 saturated carbocycles. The molecule has 0 unspecified atom stereocenters. The van der Waals surface area contributed by atoms with E-state index in [0.717, 1.165) is 41.7 Å². The van der Waals surface area contributed by atoms with Crippen LogP contribution in [0.5, 0.6) is 0 Å². The Morgan fingerprint density at radius 1 is 0.794 bits per heavy atom. The van der Waals surface area contributed by atoms with Crippen LogP contribution in [0.15, 0.2) is 96.0 Å². The molecule has 3 aromatic carbocycles. The molecule has 5 rings (SSSR count). The quantitative estimate of drug-likeness (QED) is 0.356. The molecule has 0 radical (unpaired) electrons. The Labute approximate surface area is 202 Å². The average molecular weight is 474 g/mol. The van der Waals surface area contributed by atoms with E-state index in [2.05, 4.69) is 4.90 Å². The van der Waals surface area contributed by atoms with E-state index in [1.165, 1.54) is 17.1 Å². The van der Waals surface area contributed by atoms with Gasteiger partial charge in [-0.3, -0.25) is 0 Å². The Kier molecular flexibility index (Phi) is 6.55. The lowest BCUT2D eigenvalue weighted by Crippen LogP contribution is -2.34. The first-order chi connectivity index (χ1) is 16.6. The van der Waals surface area contributed by atoms with Crippen molar-refractivity contribution in [3.63, 3.8) is 0 Å². The number of likely N-dealkylation sites (tertiary alicyclic amines) is 1. The number of fused-ring (bicyclic) bond motifs is 1. The second-order valence-corrected chi connectivity index (χ2v) is 10.9. The minimum absolute atomic E-state index is 0.354. The SMILES string of the molecule is CN(C(c1ccccc1)c1ccccc1)S(=O)(=O)c1cc2ccccc2n1CCN1CCCC1. The fraction of sp³-hybridized carbons (Fsp3) is 0.286. The molecule has 0 aliphatic carbocycles. The van der Waals surface area contributed by atoms with Gasteiger partial charge in [0.2, 0.25) is 0 Å². The van der Waals surface area contributed by atoms with Gasteiger partial charge in [0, 0.05) is 31.0 Å². The summed E-state index contributed by atoms with van der Waals surface area (Å²) in [5.41, 5.74) is 2.85. The topological polar surface area (TPSA) is 45.6 Å². The van der Waals surface area contributed by atoms with E-state index in [0.29, 0.717) is 11.6 Å². The third-order valence-corrected chi connectivity index (χ3v) is 8.68. The maximum atomic E-state index is 14.2. The molecule has 0 bridgehead atoms. The molecule has 1 aliphatic heterocycles. The van der Waals surface area contributed by atoms with Gasteiger partial charge >= 0.3 is 0 Å². The molecule has 6 heteroatoms. The van der Waals surface area contributed by atoms with Crippen LogP contribution < -0.4 is 0 Å². The summed E-state index contributed by atoms with van der Waals surface area (Å²) in [6.07, 6.45) is 2.44. The molecule has 1 fully saturated rings. The van der Waals surface area contributed by atoms with Gasteiger partial charge in [-0.2, -0.15) is 4.31 Å². The second-order valence-electron chi connectivity index (χ2n) is 8.99. The predicted molar refractivity (Wildman–Crippen MR) is 137 cm³/mol. The van der Waals surface area contributed by atoms with Crippen LogP contribution in [0.3, 0.4) is 0 Å². The van der Waals surface area contributed by atoms with Gasteiger partial charge in [0.1, 0.15) is 0 Å². The molecule has 1 aliphatic rings. The lowest BCUT2D eigenvalue weighted by Gasteiger charge is -2.29. The number of aromatic nitrogens is 1. The van der Waals surface area contributed by atoms with E-state index in [1.54, 1.807) is 7.05 Å². The molecule has 1 aromatic heterocycles. The molecular formula is C28H31N3O2S. The summed E-state index contributed by atoms with van der Waals surface area (Å²) < 4.78 is 31.9. The van der Waals surface area contributed by atoms with Gasteiger partial charge in [-0.15, -0.1) is 0 Å². The van der Waals surface area contributed by atoms with Crippen molar-refractivity contribution in [2.75, 3.05) is 26.7 Å². The first-order valence-corrected chi connectivity index (χ1v) is 13.4. The first-order valence-electron chi connectivity index (χ1n) is 11.9. The van der Waals surface area contributed by atoms with Crippen molar-refractivity contribution >= 4 is 20.9 Å². The number of para-hydroxylation sites is 1. The Balaban J connectivity index is 1.58. The molecule has 0 atom stereocenters. The maximum Gasteiger partial charge on any atom is 0.259 e. The molecule has 0 N–H and O–H groups in total. The third-order valence-electron chi connectivity index (χ3n) is 6.85. The Morgan fingerprint density at radius 3 is 1.97 bits per heavy atom. The molecule has 5 nitrogen and oxygen atoms in total. The summed E-state index contributed by atoms with van der Waals surface area (Å²) in [6, 6.07) is 29.1. The van der Waals surface area contributed by atoms with Gasteiger partial charge < -0.3 is 9.47 Å². The molecule has 4 aromatic rings. The van der Waals surface area contributed by atoms with Crippen LogP contribution in [0.4, 0.5) is 0 Å². The Morgan fingerprint density at radius 2 is 1.35 bits per heavy atom. The van der Waals surface area contributed by atoms with Crippen LogP contribution in [0.1, 0.15) is 30.0 Å². The van der Waals surface area contributed by atoms with Crippen LogP contribution in [0.2, 0.25) is 0 Å². The van der Waals surface area contributed by atoms with Crippen molar-refractivity contribution in [1.82, 2.24) is 13.8 Å². The van der Waals surface area contributed by atoms with Gasteiger partial charge in [-0.25, -0.2) is 8.42 Å². The van der Waals surface area contributed by atoms with E-state index in [1.807, 2.05) is 95.6 Å². The fourth-order valence-corrected chi connectivity index (χ4v) is 6.61. The van der Waals surface area contributed by atoms with E-state index < -0.39 is 16.1 Å². The monoisotopic (exact) mass is 473 g/mol. The Bertz CT molecular complexity index is 1300. The highest BCUT2D eigenvalue weighted by atomic mass is 32.2. The lowest BCUT2D eigenvalue weighted by atomic mass is 9.99. The maximum absolute atomic E-state index is 14.2. The zero-order valence-electron chi connectivity index (χ0n) is 19.5. The molecule has 2 heterocycles. The number of hydrogen-bond acceptors (Lipinski definition) is 3. The summed E-state index contributed by atoms with van der Waals surface area (Å²) in [5, 5.41) is 1.30. The highest BCUT2D eigenvalue weighted by Crippen LogP contribution is 2.34. The zero-order chi connectivity index (χ0) is 23.5. The van der Waals surface area contributed by atoms with Gasteiger partial charge in [0.15, 0.2) is 5.03 Å². The van der Waals surface area contributed by atoms with Crippen LogP contribution in [-0.4, -0.2) is 48.9 Å². The smallest absolute Gasteiger partial charge is 0.259 e. The van der Waals surface area contributed by atoms with Crippen molar-refractivity contribution < 1.29 is 8.42 Å². The van der Waals surface area contributed by atoms with E-state index >= 15 is 0 Å². The molecule has 34 heavy (non-hydrogen) atoms. The summed E-state index contributed by atoms with van der Waals surface area (Å²) in [4.78, 5) is 2.42. The first kappa shape index (κ1) is 22.8. The molecular weight excluding hydrogens is 442 g/mol. The molecule has 0 spiro atoms. The van der Waals surface area contributed by atoms with Crippen LogP contribution in [0, 0.1) is 0 Å².